The first-order chi connectivity index (χ1) is 11.2. The third kappa shape index (κ3) is 3.27. The lowest BCUT2D eigenvalue weighted by Gasteiger charge is -2.24. The number of nitrogens with one attached hydrogen (secondary N) is 2. The van der Waals surface area contributed by atoms with Gasteiger partial charge in [-0.15, -0.1) is 0 Å². The largest absolute Gasteiger partial charge is 0.378 e. The Bertz CT molecular complexity index is 722. The van der Waals surface area contributed by atoms with Gasteiger partial charge < -0.3 is 10.6 Å². The Morgan fingerprint density at radius 3 is 2.70 bits per heavy atom. The highest BCUT2D eigenvalue weighted by Gasteiger charge is 2.25. The van der Waals surface area contributed by atoms with Crippen molar-refractivity contribution < 1.29 is 0 Å². The normalized spacial score (nSPS) is 18.4. The highest BCUT2D eigenvalue weighted by atomic mass is 16.2. The Labute approximate surface area is 135 Å². The molecule has 2 N–H and O–H groups in total. The molecule has 0 bridgehead atoms. The molecule has 2 aromatic rings. The summed E-state index contributed by atoms with van der Waals surface area (Å²) >= 11 is 0. The van der Waals surface area contributed by atoms with Crippen LogP contribution in [0.15, 0.2) is 34.0 Å². The molecule has 122 valence electrons. The Balaban J connectivity index is 1.61. The number of hydrogen-bond acceptors (Lipinski definition) is 6. The smallest absolute Gasteiger partial charge is 0.253 e. The molecule has 1 saturated heterocycles. The first-order valence-electron chi connectivity index (χ1n) is 8.15. The fourth-order valence-electron chi connectivity index (χ4n) is 3.17. The molecule has 3 rings (SSSR count). The maximum absolute atomic E-state index is 11.8. The highest BCUT2D eigenvalue weighted by molar-refractivity contribution is 5.73. The summed E-state index contributed by atoms with van der Waals surface area (Å²) < 4.78 is 0. The lowest BCUT2D eigenvalue weighted by Crippen LogP contribution is -2.41. The van der Waals surface area contributed by atoms with Gasteiger partial charge in [-0.05, 0) is 38.1 Å². The van der Waals surface area contributed by atoms with Crippen molar-refractivity contribution in [1.82, 2.24) is 9.88 Å². The van der Waals surface area contributed by atoms with Crippen LogP contribution in [0.1, 0.15) is 25.5 Å². The molecule has 0 spiro atoms. The van der Waals surface area contributed by atoms with Gasteiger partial charge in [-0.3, -0.25) is 19.5 Å². The summed E-state index contributed by atoms with van der Waals surface area (Å²) in [6.07, 6.45) is 4.03. The van der Waals surface area contributed by atoms with Crippen LogP contribution in [0, 0.1) is 0 Å². The summed E-state index contributed by atoms with van der Waals surface area (Å²) in [7, 11) is 0. The fraction of sp³-hybridized carbons (Fsp3) is 0.471. The van der Waals surface area contributed by atoms with Gasteiger partial charge in [-0.25, -0.2) is 0 Å². The third-order valence-electron chi connectivity index (χ3n) is 4.50. The Kier molecular flexibility index (Phi) is 4.71. The predicted octanol–water partition coefficient (Wildman–Crippen LogP) is 1.19. The number of hydrogen-bond donors (Lipinski definition) is 2. The molecule has 23 heavy (non-hydrogen) atoms. The van der Waals surface area contributed by atoms with E-state index in [2.05, 4.69) is 27.4 Å². The average molecular weight is 314 g/mol. The molecular weight excluding hydrogens is 292 g/mol. The number of likely N-dealkylation sites (N-methyl/N-ethyl adjacent to an activating group) is 1. The summed E-state index contributed by atoms with van der Waals surface area (Å²) in [4.78, 5) is 30.2. The second kappa shape index (κ2) is 6.91. The van der Waals surface area contributed by atoms with Crippen molar-refractivity contribution in [2.24, 2.45) is 0 Å². The van der Waals surface area contributed by atoms with Crippen molar-refractivity contribution in [2.75, 3.05) is 30.3 Å². The molecular formula is C17H22N4O2. The Hall–Kier alpha value is -2.21. The van der Waals surface area contributed by atoms with E-state index in [1.165, 1.54) is 6.42 Å². The van der Waals surface area contributed by atoms with Crippen molar-refractivity contribution in [1.29, 1.82) is 0 Å². The molecule has 1 aromatic heterocycles. The number of anilines is 2. The molecule has 0 amide bonds. The summed E-state index contributed by atoms with van der Waals surface area (Å²) in [6, 6.07) is 6.05. The van der Waals surface area contributed by atoms with Gasteiger partial charge in [-0.2, -0.15) is 0 Å². The SMILES string of the molecule is CCN1CCCC1CNc1c(NCc2ccccn2)c(=O)c1=O. The van der Waals surface area contributed by atoms with E-state index in [1.807, 2.05) is 18.2 Å². The predicted molar refractivity (Wildman–Crippen MR) is 91.7 cm³/mol. The van der Waals surface area contributed by atoms with Gasteiger partial charge >= 0.3 is 0 Å². The molecule has 1 aliphatic rings. The molecule has 1 aromatic carbocycles. The molecule has 1 atom stereocenters. The number of nitrogens with zero attached hydrogens (tertiary/aromatic N) is 2. The van der Waals surface area contributed by atoms with Crippen LogP contribution in [0.4, 0.5) is 11.4 Å². The maximum Gasteiger partial charge on any atom is 0.253 e. The van der Waals surface area contributed by atoms with Gasteiger partial charge in [0.1, 0.15) is 11.4 Å². The van der Waals surface area contributed by atoms with E-state index in [4.69, 9.17) is 0 Å². The van der Waals surface area contributed by atoms with Crippen molar-refractivity contribution in [3.05, 3.63) is 50.5 Å². The van der Waals surface area contributed by atoms with Crippen LogP contribution >= 0.6 is 0 Å². The second-order valence-electron chi connectivity index (χ2n) is 5.89. The summed E-state index contributed by atoms with van der Waals surface area (Å²) in [5, 5.41) is 6.21. The van der Waals surface area contributed by atoms with Crippen molar-refractivity contribution in [2.45, 2.75) is 32.4 Å². The minimum Gasteiger partial charge on any atom is -0.378 e. The van der Waals surface area contributed by atoms with E-state index < -0.39 is 10.9 Å². The van der Waals surface area contributed by atoms with Crippen molar-refractivity contribution in [3.63, 3.8) is 0 Å². The lowest BCUT2D eigenvalue weighted by molar-refractivity contribution is 0.277. The molecule has 2 heterocycles. The minimum absolute atomic E-state index is 0.390. The van der Waals surface area contributed by atoms with Gasteiger partial charge in [0.15, 0.2) is 0 Å². The fourth-order valence-corrected chi connectivity index (χ4v) is 3.17. The van der Waals surface area contributed by atoms with Crippen LogP contribution in [-0.4, -0.2) is 35.6 Å². The van der Waals surface area contributed by atoms with E-state index in [1.54, 1.807) is 6.20 Å². The molecule has 0 radical (unpaired) electrons. The number of pyridine rings is 1. The quantitative estimate of drug-likeness (QED) is 0.748. The maximum atomic E-state index is 11.8. The topological polar surface area (TPSA) is 74.3 Å². The molecule has 1 aliphatic heterocycles. The highest BCUT2D eigenvalue weighted by Crippen LogP contribution is 2.19. The van der Waals surface area contributed by atoms with Gasteiger partial charge in [-0.1, -0.05) is 13.0 Å². The van der Waals surface area contributed by atoms with E-state index in [-0.39, 0.29) is 0 Å². The lowest BCUT2D eigenvalue weighted by atomic mass is 10.1. The van der Waals surface area contributed by atoms with E-state index in [0.717, 1.165) is 25.2 Å². The van der Waals surface area contributed by atoms with Gasteiger partial charge in [0.05, 0.1) is 12.2 Å². The molecule has 6 heteroatoms. The van der Waals surface area contributed by atoms with E-state index in [0.29, 0.717) is 30.5 Å². The zero-order chi connectivity index (χ0) is 16.2. The first kappa shape index (κ1) is 15.7. The van der Waals surface area contributed by atoms with Crippen molar-refractivity contribution in [3.8, 4) is 0 Å². The molecule has 0 aliphatic carbocycles. The van der Waals surface area contributed by atoms with Crippen LogP contribution in [0.5, 0.6) is 0 Å². The van der Waals surface area contributed by atoms with Gasteiger partial charge in [0, 0.05) is 18.8 Å². The monoisotopic (exact) mass is 314 g/mol. The average Bonchev–Trinajstić information content (AvgIpc) is 3.05. The summed E-state index contributed by atoms with van der Waals surface area (Å²) in [5.74, 6) is 0. The third-order valence-corrected chi connectivity index (χ3v) is 4.50. The van der Waals surface area contributed by atoms with Crippen LogP contribution in [0.25, 0.3) is 0 Å². The van der Waals surface area contributed by atoms with Crippen LogP contribution < -0.4 is 21.5 Å². The second-order valence-corrected chi connectivity index (χ2v) is 5.89. The number of likely N-dealkylation sites (tertiary alicyclic amines) is 1. The summed E-state index contributed by atoms with van der Waals surface area (Å²) in [5.41, 5.74) is 0.784. The van der Waals surface area contributed by atoms with Crippen LogP contribution in [0.3, 0.4) is 0 Å². The van der Waals surface area contributed by atoms with Gasteiger partial charge in [0.25, 0.3) is 10.9 Å². The first-order valence-corrected chi connectivity index (χ1v) is 8.15. The Morgan fingerprint density at radius 2 is 2.00 bits per heavy atom. The molecule has 1 unspecified atom stereocenters. The number of aromatic nitrogens is 1. The number of rotatable bonds is 7. The molecule has 6 nitrogen and oxygen atoms in total. The zero-order valence-corrected chi connectivity index (χ0v) is 13.3. The van der Waals surface area contributed by atoms with E-state index in [9.17, 15) is 9.59 Å². The summed E-state index contributed by atoms with van der Waals surface area (Å²) in [6.45, 7) is 5.42. The molecule has 1 fully saturated rings. The van der Waals surface area contributed by atoms with Crippen LogP contribution in [0.2, 0.25) is 0 Å². The van der Waals surface area contributed by atoms with Crippen molar-refractivity contribution >= 4 is 11.4 Å². The van der Waals surface area contributed by atoms with Crippen LogP contribution in [-0.2, 0) is 6.54 Å². The molecule has 0 saturated carbocycles. The zero-order valence-electron chi connectivity index (χ0n) is 13.3. The minimum atomic E-state index is -0.442. The Morgan fingerprint density at radius 1 is 1.22 bits per heavy atom. The van der Waals surface area contributed by atoms with E-state index >= 15 is 0 Å². The van der Waals surface area contributed by atoms with Gasteiger partial charge in [0.2, 0.25) is 0 Å². The standard InChI is InChI=1S/C17H22N4O2/c1-2-21-9-5-7-13(21)11-20-15-14(16(22)17(15)23)19-10-12-6-3-4-8-18-12/h3-4,6,8,13,19-20H,2,5,7,9-11H2,1H3.